The predicted molar refractivity (Wildman–Crippen MR) is 129 cm³/mol. The molecule has 0 saturated carbocycles. The molecule has 1 aromatic heterocycles. The van der Waals surface area contributed by atoms with Crippen LogP contribution in [-0.4, -0.2) is 21.9 Å². The lowest BCUT2D eigenvalue weighted by Gasteiger charge is -2.38. The van der Waals surface area contributed by atoms with E-state index in [0.717, 1.165) is 24.8 Å². The van der Waals surface area contributed by atoms with Crippen molar-refractivity contribution in [1.29, 1.82) is 0 Å². The Labute approximate surface area is 196 Å². The Morgan fingerprint density at radius 1 is 1.09 bits per heavy atom. The zero-order chi connectivity index (χ0) is 23.0. The minimum atomic E-state index is -1.16. The Morgan fingerprint density at radius 3 is 2.56 bits per heavy atom. The molecule has 0 unspecified atom stereocenters. The highest BCUT2D eigenvalue weighted by molar-refractivity contribution is 7.99. The molecule has 0 spiro atoms. The normalized spacial score (nSPS) is 14.3. The van der Waals surface area contributed by atoms with E-state index in [1.807, 2.05) is 11.8 Å². The highest BCUT2D eigenvalue weighted by atomic mass is 32.2. The second kappa shape index (κ2) is 11.5. The summed E-state index contributed by atoms with van der Waals surface area (Å²) in [5, 5.41) is 18.8. The van der Waals surface area contributed by atoms with Crippen LogP contribution in [0.25, 0.3) is 0 Å². The fourth-order valence-corrected chi connectivity index (χ4v) is 5.87. The largest absolute Gasteiger partial charge is 0.550 e. The second-order valence-electron chi connectivity index (χ2n) is 8.61. The van der Waals surface area contributed by atoms with Crippen LogP contribution in [0.15, 0.2) is 29.2 Å². The molecule has 2 aromatic rings. The van der Waals surface area contributed by atoms with Gasteiger partial charge in [0, 0.05) is 22.8 Å². The number of carbonyl (C=O) groups excluding carboxylic acids is 1. The number of unbranched alkanes of at least 4 members (excludes halogenated alkanes) is 3. The number of nitrogens with zero attached hydrogens (tertiary/aromatic N) is 2. The lowest BCUT2D eigenvalue weighted by atomic mass is 9.72. The molecule has 2 heterocycles. The van der Waals surface area contributed by atoms with Crippen molar-refractivity contribution in [3.05, 3.63) is 52.3 Å². The average Bonchev–Trinajstić information content (AvgIpc) is 2.80. The Balaban J connectivity index is 1.95. The van der Waals surface area contributed by atoms with Crippen molar-refractivity contribution >= 4 is 17.7 Å². The summed E-state index contributed by atoms with van der Waals surface area (Å²) in [6.45, 7) is 6.84. The average molecular weight is 450 g/mol. The number of aromatic nitrogens is 2. The highest BCUT2D eigenvalue weighted by Gasteiger charge is 2.34. The van der Waals surface area contributed by atoms with Gasteiger partial charge in [-0.2, -0.15) is 5.10 Å². The van der Waals surface area contributed by atoms with E-state index < -0.39 is 5.97 Å². The van der Waals surface area contributed by atoms with Gasteiger partial charge in [-0.15, -0.1) is 16.9 Å². The molecular formula is C27H33N2O2S-. The maximum absolute atomic E-state index is 10.7. The SMILES string of the molecule is CCCCCCc1cc2c(cc1C#Cc1ccc(CC(=O)[O-])nn1)C(CC)(CC)CCS2. The topological polar surface area (TPSA) is 65.9 Å². The third kappa shape index (κ3) is 5.92. The zero-order valence-electron chi connectivity index (χ0n) is 19.5. The fraction of sp³-hybridized carbons (Fsp3) is 0.519. The summed E-state index contributed by atoms with van der Waals surface area (Å²) in [4.78, 5) is 12.2. The Hall–Kier alpha value is -2.32. The van der Waals surface area contributed by atoms with E-state index >= 15 is 0 Å². The van der Waals surface area contributed by atoms with Crippen molar-refractivity contribution in [3.8, 4) is 11.8 Å². The molecule has 4 nitrogen and oxygen atoms in total. The van der Waals surface area contributed by atoms with Crippen molar-refractivity contribution in [2.45, 2.75) is 88.9 Å². The number of aliphatic carboxylic acids is 1. The number of carboxylic acids is 1. The van der Waals surface area contributed by atoms with Crippen LogP contribution in [-0.2, 0) is 23.1 Å². The van der Waals surface area contributed by atoms with Gasteiger partial charge in [0.15, 0.2) is 0 Å². The summed E-state index contributed by atoms with van der Waals surface area (Å²) in [6, 6.07) is 8.12. The van der Waals surface area contributed by atoms with Crippen molar-refractivity contribution in [2.24, 2.45) is 0 Å². The van der Waals surface area contributed by atoms with Gasteiger partial charge in [-0.3, -0.25) is 0 Å². The number of hydrogen-bond acceptors (Lipinski definition) is 5. The molecule has 1 aromatic carbocycles. The molecule has 0 N–H and O–H groups in total. The summed E-state index contributed by atoms with van der Waals surface area (Å²) in [5.41, 5.74) is 5.04. The third-order valence-corrected chi connectivity index (χ3v) is 7.70. The molecule has 0 fully saturated rings. The van der Waals surface area contributed by atoms with E-state index in [4.69, 9.17) is 0 Å². The number of hydrogen-bond donors (Lipinski definition) is 0. The van der Waals surface area contributed by atoms with Gasteiger partial charge in [0.2, 0.25) is 0 Å². The Morgan fingerprint density at radius 2 is 1.91 bits per heavy atom. The molecule has 5 heteroatoms. The lowest BCUT2D eigenvalue weighted by molar-refractivity contribution is -0.304. The van der Waals surface area contributed by atoms with Gasteiger partial charge < -0.3 is 9.90 Å². The monoisotopic (exact) mass is 449 g/mol. The van der Waals surface area contributed by atoms with Gasteiger partial charge in [0.05, 0.1) is 5.69 Å². The smallest absolute Gasteiger partial charge is 0.136 e. The van der Waals surface area contributed by atoms with Crippen LogP contribution in [0.5, 0.6) is 0 Å². The molecule has 0 aliphatic carbocycles. The van der Waals surface area contributed by atoms with E-state index in [9.17, 15) is 9.90 Å². The summed E-state index contributed by atoms with van der Waals surface area (Å²) >= 11 is 1.99. The van der Waals surface area contributed by atoms with E-state index in [-0.39, 0.29) is 11.8 Å². The molecule has 0 saturated heterocycles. The van der Waals surface area contributed by atoms with Crippen LogP contribution >= 0.6 is 11.8 Å². The van der Waals surface area contributed by atoms with E-state index in [2.05, 4.69) is 54.9 Å². The van der Waals surface area contributed by atoms with E-state index in [0.29, 0.717) is 11.4 Å². The van der Waals surface area contributed by atoms with Crippen LogP contribution in [0.4, 0.5) is 0 Å². The van der Waals surface area contributed by atoms with Crippen LogP contribution in [0.3, 0.4) is 0 Å². The first-order chi connectivity index (χ1) is 15.5. The molecular weight excluding hydrogens is 416 g/mol. The first-order valence-electron chi connectivity index (χ1n) is 11.9. The summed E-state index contributed by atoms with van der Waals surface area (Å²) in [7, 11) is 0. The Bertz CT molecular complexity index is 985. The van der Waals surface area contributed by atoms with Gasteiger partial charge in [0.25, 0.3) is 0 Å². The minimum absolute atomic E-state index is 0.235. The standard InChI is InChI=1S/C27H34N2O2S/c1-4-7-8-9-10-20-18-25-24(27(5-2,6-3)15-16-32-25)17-21(20)11-12-22-13-14-23(29-28-22)19-26(30)31/h13-14,17-18H,4-10,15-16,19H2,1-3H3,(H,30,31)/p-1. The number of fused-ring (bicyclic) bond motifs is 1. The molecule has 0 radical (unpaired) electrons. The third-order valence-electron chi connectivity index (χ3n) is 6.64. The van der Waals surface area contributed by atoms with Crippen LogP contribution < -0.4 is 5.11 Å². The van der Waals surface area contributed by atoms with Crippen molar-refractivity contribution < 1.29 is 9.90 Å². The summed E-state index contributed by atoms with van der Waals surface area (Å²) in [6.07, 6.45) is 9.23. The Kier molecular flexibility index (Phi) is 8.75. The molecule has 1 aliphatic rings. The van der Waals surface area contributed by atoms with Gasteiger partial charge in [0.1, 0.15) is 5.69 Å². The van der Waals surface area contributed by atoms with Crippen LogP contribution in [0.2, 0.25) is 0 Å². The minimum Gasteiger partial charge on any atom is -0.550 e. The summed E-state index contributed by atoms with van der Waals surface area (Å²) < 4.78 is 0. The molecule has 1 aliphatic heterocycles. The number of rotatable bonds is 9. The molecule has 0 bridgehead atoms. The van der Waals surface area contributed by atoms with Crippen LogP contribution in [0.1, 0.15) is 93.8 Å². The second-order valence-corrected chi connectivity index (χ2v) is 9.75. The maximum atomic E-state index is 10.7. The molecule has 0 amide bonds. The first-order valence-corrected chi connectivity index (χ1v) is 12.8. The fourth-order valence-electron chi connectivity index (χ4n) is 4.50. The number of benzene rings is 1. The van der Waals surface area contributed by atoms with Crippen LogP contribution in [0, 0.1) is 11.8 Å². The number of carbonyl (C=O) groups is 1. The molecule has 3 rings (SSSR count). The highest BCUT2D eigenvalue weighted by Crippen LogP contribution is 2.47. The number of aryl methyl sites for hydroxylation is 1. The first kappa shape index (κ1) is 24.3. The molecule has 32 heavy (non-hydrogen) atoms. The predicted octanol–water partition coefficient (Wildman–Crippen LogP) is 4.85. The van der Waals surface area contributed by atoms with Crippen molar-refractivity contribution in [3.63, 3.8) is 0 Å². The summed E-state index contributed by atoms with van der Waals surface area (Å²) in [5.74, 6) is 6.56. The quantitative estimate of drug-likeness (QED) is 0.405. The van der Waals surface area contributed by atoms with Crippen molar-refractivity contribution in [2.75, 3.05) is 5.75 Å². The van der Waals surface area contributed by atoms with Gasteiger partial charge in [-0.05, 0) is 84.6 Å². The van der Waals surface area contributed by atoms with E-state index in [1.54, 1.807) is 12.1 Å². The van der Waals surface area contributed by atoms with E-state index in [1.165, 1.54) is 53.9 Å². The number of carboxylic acid groups (broad SMARTS) is 1. The van der Waals surface area contributed by atoms with Gasteiger partial charge >= 0.3 is 0 Å². The molecule has 170 valence electrons. The van der Waals surface area contributed by atoms with Gasteiger partial charge in [-0.25, -0.2) is 0 Å². The maximum Gasteiger partial charge on any atom is 0.136 e. The lowest BCUT2D eigenvalue weighted by Crippen LogP contribution is -2.29. The van der Waals surface area contributed by atoms with Gasteiger partial charge in [-0.1, -0.05) is 46.0 Å². The zero-order valence-corrected chi connectivity index (χ0v) is 20.3. The number of thioether (sulfide) groups is 1. The van der Waals surface area contributed by atoms with Crippen molar-refractivity contribution in [1.82, 2.24) is 10.2 Å². The molecule has 0 atom stereocenters.